The number of oxime groups is 2. The van der Waals surface area contributed by atoms with Crippen LogP contribution < -0.4 is 0 Å². The first-order chi connectivity index (χ1) is 13.0. The number of hydrogen-bond donors (Lipinski definition) is 0. The molecule has 0 saturated heterocycles. The molecular weight excluding hydrogens is 418 g/mol. The van der Waals surface area contributed by atoms with Gasteiger partial charge in [-0.25, -0.2) is 8.78 Å². The highest BCUT2D eigenvalue weighted by Gasteiger charge is 2.18. The van der Waals surface area contributed by atoms with E-state index in [-0.39, 0.29) is 21.2 Å². The molecule has 12 heteroatoms. The molecule has 0 spiro atoms. The lowest BCUT2D eigenvalue weighted by atomic mass is 10.3. The Hall–Kier alpha value is -2.86. The van der Waals surface area contributed by atoms with Crippen LogP contribution in [0, 0.1) is 11.6 Å². The van der Waals surface area contributed by atoms with Crippen LogP contribution >= 0.6 is 0 Å². The van der Waals surface area contributed by atoms with Gasteiger partial charge in [0.05, 0.1) is 0 Å². The van der Waals surface area contributed by atoms with Crippen LogP contribution in [0.3, 0.4) is 0 Å². The quantitative estimate of drug-likeness (QED) is 0.491. The average molecular weight is 432 g/mol. The molecule has 0 aromatic heterocycles. The van der Waals surface area contributed by atoms with Crippen LogP contribution in [0.25, 0.3) is 0 Å². The Morgan fingerprint density at radius 3 is 1.25 bits per heavy atom. The lowest BCUT2D eigenvalue weighted by molar-refractivity contribution is 0.334. The summed E-state index contributed by atoms with van der Waals surface area (Å²) in [7, 11) is -8.60. The smallest absolute Gasteiger partial charge is 0.264 e. The van der Waals surface area contributed by atoms with Gasteiger partial charge in [0.25, 0.3) is 0 Å². The fourth-order valence-electron chi connectivity index (χ4n) is 1.63. The molecule has 0 fully saturated rings. The number of halogens is 2. The van der Waals surface area contributed by atoms with Gasteiger partial charge in [-0.1, -0.05) is 10.3 Å². The molecule has 0 saturated carbocycles. The zero-order valence-electron chi connectivity index (χ0n) is 14.5. The zero-order chi connectivity index (χ0) is 20.9. The van der Waals surface area contributed by atoms with Gasteiger partial charge in [-0.15, -0.1) is 0 Å². The van der Waals surface area contributed by atoms with E-state index in [2.05, 4.69) is 18.9 Å². The Balaban J connectivity index is 2.11. The average Bonchev–Trinajstić information content (AvgIpc) is 2.65. The molecule has 0 heterocycles. The first kappa shape index (κ1) is 21.4. The van der Waals surface area contributed by atoms with Crippen molar-refractivity contribution in [2.75, 3.05) is 0 Å². The second kappa shape index (κ2) is 8.44. The molecular formula is C16H14F2N2O6S2. The second-order valence-corrected chi connectivity index (χ2v) is 8.38. The molecule has 150 valence electrons. The van der Waals surface area contributed by atoms with E-state index >= 15 is 0 Å². The molecule has 0 aliphatic rings. The number of benzene rings is 2. The van der Waals surface area contributed by atoms with Crippen molar-refractivity contribution >= 4 is 31.7 Å². The fraction of sp³-hybridized carbons (Fsp3) is 0.125. The number of nitrogens with zero attached hydrogens (tertiary/aromatic N) is 2. The molecule has 0 N–H and O–H groups in total. The second-order valence-electron chi connectivity index (χ2n) is 5.32. The Morgan fingerprint density at radius 1 is 0.679 bits per heavy atom. The van der Waals surface area contributed by atoms with E-state index in [0.717, 1.165) is 48.5 Å². The van der Waals surface area contributed by atoms with Crippen molar-refractivity contribution in [3.63, 3.8) is 0 Å². The van der Waals surface area contributed by atoms with Crippen LogP contribution in [-0.4, -0.2) is 28.3 Å². The summed E-state index contributed by atoms with van der Waals surface area (Å²) in [5.41, 5.74) is -0.194. The van der Waals surface area contributed by atoms with E-state index in [1.807, 2.05) is 0 Å². The molecule has 2 aromatic rings. The predicted molar refractivity (Wildman–Crippen MR) is 95.6 cm³/mol. The third-order valence-electron chi connectivity index (χ3n) is 3.27. The summed E-state index contributed by atoms with van der Waals surface area (Å²) in [6.45, 7) is 2.60. The maximum absolute atomic E-state index is 12.9. The van der Waals surface area contributed by atoms with Crippen molar-refractivity contribution in [1.29, 1.82) is 0 Å². The highest BCUT2D eigenvalue weighted by atomic mass is 32.2. The van der Waals surface area contributed by atoms with Crippen molar-refractivity contribution in [1.82, 2.24) is 0 Å². The highest BCUT2D eigenvalue weighted by molar-refractivity contribution is 7.87. The standard InChI is InChI=1S/C16H14F2N2O6S2/c1-11(19-25-27(21,22)15-7-3-13(17)4-8-15)12(2)20-26-28(23,24)16-9-5-14(18)6-10-16/h3-10H,1-2H3. The van der Waals surface area contributed by atoms with Crippen LogP contribution in [0.5, 0.6) is 0 Å². The van der Waals surface area contributed by atoms with Crippen LogP contribution in [-0.2, 0) is 28.8 Å². The Bertz CT molecular complexity index is 1020. The van der Waals surface area contributed by atoms with Crippen molar-refractivity contribution < 1.29 is 34.2 Å². The predicted octanol–water partition coefficient (Wildman–Crippen LogP) is 2.83. The Labute approximate surface area is 160 Å². The monoisotopic (exact) mass is 432 g/mol. The number of rotatable bonds is 7. The van der Waals surface area contributed by atoms with Crippen molar-refractivity contribution in [2.24, 2.45) is 10.3 Å². The molecule has 2 aromatic carbocycles. The summed E-state index contributed by atoms with van der Waals surface area (Å²) in [6, 6.07) is 7.73. The maximum Gasteiger partial charge on any atom is 0.358 e. The Morgan fingerprint density at radius 2 is 0.964 bits per heavy atom. The highest BCUT2D eigenvalue weighted by Crippen LogP contribution is 2.15. The molecule has 0 amide bonds. The summed E-state index contributed by atoms with van der Waals surface area (Å²) in [5, 5.41) is 6.72. The molecule has 2 rings (SSSR count). The van der Waals surface area contributed by atoms with E-state index in [1.54, 1.807) is 0 Å². The van der Waals surface area contributed by atoms with Gasteiger partial charge in [0.15, 0.2) is 0 Å². The van der Waals surface area contributed by atoms with Gasteiger partial charge in [0.2, 0.25) is 0 Å². The lowest BCUT2D eigenvalue weighted by Gasteiger charge is -2.04. The molecule has 0 atom stereocenters. The molecule has 0 radical (unpaired) electrons. The van der Waals surface area contributed by atoms with Gasteiger partial charge in [-0.2, -0.15) is 16.8 Å². The topological polar surface area (TPSA) is 111 Å². The first-order valence-electron chi connectivity index (χ1n) is 7.49. The van der Waals surface area contributed by atoms with Gasteiger partial charge in [-0.3, -0.25) is 8.57 Å². The van der Waals surface area contributed by atoms with E-state index in [9.17, 15) is 25.6 Å². The molecule has 0 unspecified atom stereocenters. The van der Waals surface area contributed by atoms with Gasteiger partial charge >= 0.3 is 20.2 Å². The first-order valence-corrected chi connectivity index (χ1v) is 10.3. The summed E-state index contributed by atoms with van der Waals surface area (Å²) in [6.07, 6.45) is 0. The molecule has 0 bridgehead atoms. The minimum absolute atomic E-state index is 0.0972. The van der Waals surface area contributed by atoms with E-state index in [1.165, 1.54) is 13.8 Å². The third-order valence-corrected chi connectivity index (χ3v) is 5.51. The molecule has 0 aliphatic heterocycles. The van der Waals surface area contributed by atoms with E-state index in [0.29, 0.717) is 0 Å². The Kier molecular flexibility index (Phi) is 6.46. The SMILES string of the molecule is CC(=NOS(=O)(=O)c1ccc(F)cc1)C(C)=NOS(=O)(=O)c1ccc(F)cc1. The van der Waals surface area contributed by atoms with Crippen molar-refractivity contribution in [2.45, 2.75) is 23.6 Å². The third kappa shape index (κ3) is 5.57. The largest absolute Gasteiger partial charge is 0.358 e. The molecule has 0 aliphatic carbocycles. The lowest BCUT2D eigenvalue weighted by Crippen LogP contribution is -2.12. The summed E-state index contributed by atoms with van der Waals surface area (Å²) < 4.78 is 82.5. The summed E-state index contributed by atoms with van der Waals surface area (Å²) >= 11 is 0. The van der Waals surface area contributed by atoms with Gasteiger partial charge < -0.3 is 0 Å². The van der Waals surface area contributed by atoms with Crippen LogP contribution in [0.2, 0.25) is 0 Å². The van der Waals surface area contributed by atoms with Gasteiger partial charge in [0.1, 0.15) is 32.8 Å². The minimum atomic E-state index is -4.30. The maximum atomic E-state index is 12.9. The minimum Gasteiger partial charge on any atom is -0.264 e. The number of hydrogen-bond acceptors (Lipinski definition) is 8. The molecule has 8 nitrogen and oxygen atoms in total. The van der Waals surface area contributed by atoms with Crippen LogP contribution in [0.4, 0.5) is 8.78 Å². The van der Waals surface area contributed by atoms with E-state index in [4.69, 9.17) is 0 Å². The van der Waals surface area contributed by atoms with Crippen molar-refractivity contribution in [3.8, 4) is 0 Å². The fourth-order valence-corrected chi connectivity index (χ4v) is 3.16. The summed E-state index contributed by atoms with van der Waals surface area (Å²) in [4.78, 5) is -0.648. The van der Waals surface area contributed by atoms with Crippen LogP contribution in [0.15, 0.2) is 68.6 Å². The molecule has 28 heavy (non-hydrogen) atoms. The zero-order valence-corrected chi connectivity index (χ0v) is 16.2. The summed E-state index contributed by atoms with van der Waals surface area (Å²) in [5.74, 6) is -1.25. The van der Waals surface area contributed by atoms with Gasteiger partial charge in [-0.05, 0) is 62.4 Å². The van der Waals surface area contributed by atoms with Crippen molar-refractivity contribution in [3.05, 3.63) is 60.2 Å². The van der Waals surface area contributed by atoms with E-state index < -0.39 is 31.9 Å². The van der Waals surface area contributed by atoms with Gasteiger partial charge in [0, 0.05) is 0 Å². The normalized spacial score (nSPS) is 13.3. The van der Waals surface area contributed by atoms with Crippen LogP contribution in [0.1, 0.15) is 13.8 Å².